The summed E-state index contributed by atoms with van der Waals surface area (Å²) in [4.78, 5) is 21.1. The molecule has 3 aliphatic rings. The van der Waals surface area contributed by atoms with Crippen molar-refractivity contribution in [3.8, 4) is 0 Å². The third-order valence-electron chi connectivity index (χ3n) is 7.51. The molecule has 0 spiro atoms. The molecule has 1 atom stereocenters. The second-order valence-electron chi connectivity index (χ2n) is 9.72. The molecule has 0 bridgehead atoms. The van der Waals surface area contributed by atoms with Crippen molar-refractivity contribution in [3.05, 3.63) is 47.3 Å². The number of amides is 1. The zero-order valence-corrected chi connectivity index (χ0v) is 20.7. The molecule has 0 radical (unpaired) electrons. The van der Waals surface area contributed by atoms with E-state index in [4.69, 9.17) is 14.5 Å². The van der Waals surface area contributed by atoms with Crippen LogP contribution in [0.3, 0.4) is 0 Å². The number of anilines is 1. The molecule has 5 rings (SSSR count). The zero-order valence-electron chi connectivity index (χ0n) is 20.7. The summed E-state index contributed by atoms with van der Waals surface area (Å²) in [5.74, 6) is 0.992. The van der Waals surface area contributed by atoms with E-state index in [1.54, 1.807) is 14.0 Å². The molecular weight excluding hydrogens is 442 g/mol. The maximum absolute atomic E-state index is 12.2. The smallest absolute Gasteiger partial charge is 0.219 e. The topological polar surface area (TPSA) is 90.8 Å². The quantitative estimate of drug-likeness (QED) is 0.622. The fourth-order valence-electron chi connectivity index (χ4n) is 5.35. The van der Waals surface area contributed by atoms with Gasteiger partial charge in [-0.3, -0.25) is 10.2 Å². The highest BCUT2D eigenvalue weighted by Gasteiger charge is 2.27. The highest BCUT2D eigenvalue weighted by molar-refractivity contribution is 6.18. The van der Waals surface area contributed by atoms with E-state index < -0.39 is 0 Å². The van der Waals surface area contributed by atoms with Gasteiger partial charge in [0.05, 0.1) is 11.8 Å². The molecule has 8 nitrogen and oxygen atoms in total. The molecule has 4 heterocycles. The van der Waals surface area contributed by atoms with Crippen molar-refractivity contribution in [3.63, 3.8) is 0 Å². The van der Waals surface area contributed by atoms with Crippen LogP contribution in [0.25, 0.3) is 10.8 Å². The lowest BCUT2D eigenvalue weighted by Gasteiger charge is -2.34. The normalized spacial score (nSPS) is 21.6. The Bertz CT molecular complexity index is 1140. The molecule has 1 amide bonds. The van der Waals surface area contributed by atoms with Gasteiger partial charge in [0.15, 0.2) is 0 Å². The average molecular weight is 478 g/mol. The number of nitrogens with one attached hydrogen (secondary N) is 2. The Kier molecular flexibility index (Phi) is 7.02. The van der Waals surface area contributed by atoms with E-state index in [1.807, 2.05) is 23.2 Å². The van der Waals surface area contributed by atoms with E-state index in [1.165, 1.54) is 0 Å². The van der Waals surface area contributed by atoms with Gasteiger partial charge in [0.25, 0.3) is 0 Å². The molecule has 3 aliphatic heterocycles. The summed E-state index contributed by atoms with van der Waals surface area (Å²) in [5.41, 5.74) is 3.30. The lowest BCUT2D eigenvalue weighted by molar-refractivity contribution is -0.128. The third kappa shape index (κ3) is 5.04. The van der Waals surface area contributed by atoms with Gasteiger partial charge in [-0.05, 0) is 30.7 Å². The minimum absolute atomic E-state index is 0.0459. The summed E-state index contributed by atoms with van der Waals surface area (Å²) in [6.07, 6.45) is 5.80. The maximum atomic E-state index is 12.2. The minimum Gasteiger partial charge on any atom is -0.385 e. The first-order valence-corrected chi connectivity index (χ1v) is 12.6. The van der Waals surface area contributed by atoms with Crippen molar-refractivity contribution in [2.24, 2.45) is 0 Å². The zero-order chi connectivity index (χ0) is 24.4. The van der Waals surface area contributed by atoms with Crippen LogP contribution < -0.4 is 10.2 Å². The number of carbonyl (C=O) groups excluding carboxylic acids is 1. The first-order valence-electron chi connectivity index (χ1n) is 12.6. The fraction of sp³-hybridized carbons (Fsp3) is 0.519. The lowest BCUT2D eigenvalue weighted by Crippen LogP contribution is -2.43. The van der Waals surface area contributed by atoms with Crippen molar-refractivity contribution >= 4 is 28.2 Å². The van der Waals surface area contributed by atoms with Crippen LogP contribution in [-0.2, 0) is 14.3 Å². The van der Waals surface area contributed by atoms with E-state index in [2.05, 4.69) is 22.3 Å². The first kappa shape index (κ1) is 23.8. The van der Waals surface area contributed by atoms with Crippen LogP contribution in [0.15, 0.2) is 41.7 Å². The van der Waals surface area contributed by atoms with Crippen LogP contribution in [0, 0.1) is 5.41 Å². The van der Waals surface area contributed by atoms with Crippen LogP contribution in [0.1, 0.15) is 38.2 Å². The number of nitrogens with zero attached hydrogens (tertiary/aromatic N) is 3. The number of rotatable bonds is 6. The molecule has 0 aliphatic carbocycles. The SMILES string of the molecule is CO[C@@H]1CCN(c2cc3cccc(C(=N)C4=C(NC5CCOCC5)CCN(C(C)=O)C4)c3cn2)C1. The molecule has 0 unspecified atom stereocenters. The van der Waals surface area contributed by atoms with Gasteiger partial charge in [0, 0.05) is 94.3 Å². The minimum atomic E-state index is 0.0459. The van der Waals surface area contributed by atoms with Crippen molar-refractivity contribution in [2.45, 2.75) is 44.8 Å². The molecule has 2 aromatic rings. The van der Waals surface area contributed by atoms with Crippen LogP contribution >= 0.6 is 0 Å². The van der Waals surface area contributed by atoms with Crippen LogP contribution in [0.5, 0.6) is 0 Å². The van der Waals surface area contributed by atoms with E-state index in [0.717, 1.165) is 85.4 Å². The van der Waals surface area contributed by atoms with E-state index in [0.29, 0.717) is 24.8 Å². The van der Waals surface area contributed by atoms with Crippen molar-refractivity contribution in [2.75, 3.05) is 51.4 Å². The Hall–Kier alpha value is -2.97. The van der Waals surface area contributed by atoms with Crippen molar-refractivity contribution in [1.29, 1.82) is 5.41 Å². The monoisotopic (exact) mass is 477 g/mol. The molecule has 2 N–H and O–H groups in total. The molecular formula is C27H35N5O3. The number of hydrogen-bond acceptors (Lipinski definition) is 7. The number of benzene rings is 1. The van der Waals surface area contributed by atoms with Gasteiger partial charge < -0.3 is 24.6 Å². The van der Waals surface area contributed by atoms with Gasteiger partial charge in [0.2, 0.25) is 5.91 Å². The fourth-order valence-corrected chi connectivity index (χ4v) is 5.35. The van der Waals surface area contributed by atoms with Crippen molar-refractivity contribution in [1.82, 2.24) is 15.2 Å². The Morgan fingerprint density at radius 3 is 2.80 bits per heavy atom. The van der Waals surface area contributed by atoms with Gasteiger partial charge in [-0.15, -0.1) is 0 Å². The summed E-state index contributed by atoms with van der Waals surface area (Å²) in [6.45, 7) is 6.03. The van der Waals surface area contributed by atoms with Crippen LogP contribution in [-0.4, -0.2) is 80.2 Å². The largest absolute Gasteiger partial charge is 0.385 e. The average Bonchev–Trinajstić information content (AvgIpc) is 3.38. The molecule has 0 saturated carbocycles. The van der Waals surface area contributed by atoms with Gasteiger partial charge in [0.1, 0.15) is 5.82 Å². The number of fused-ring (bicyclic) bond motifs is 1. The van der Waals surface area contributed by atoms with Crippen LogP contribution in [0.4, 0.5) is 5.82 Å². The van der Waals surface area contributed by atoms with E-state index >= 15 is 0 Å². The number of carbonyl (C=O) groups is 1. The number of pyridine rings is 1. The highest BCUT2D eigenvalue weighted by atomic mass is 16.5. The third-order valence-corrected chi connectivity index (χ3v) is 7.51. The number of methoxy groups -OCH3 is 1. The van der Waals surface area contributed by atoms with Gasteiger partial charge in [-0.25, -0.2) is 4.98 Å². The molecule has 35 heavy (non-hydrogen) atoms. The predicted molar refractivity (Wildman–Crippen MR) is 137 cm³/mol. The number of aromatic nitrogens is 1. The molecule has 8 heteroatoms. The standard InChI is InChI=1S/C27H35N5O3/c1-18(33)31-11-7-25(30-20-8-12-35-13-9-20)24(17-31)27(28)22-5-3-4-19-14-26(29-15-23(19)22)32-10-6-21(16-32)34-2/h3-5,14-15,20-21,28,30H,6-13,16-17H2,1-2H3/t21-/m1/s1. The number of hydrogen-bond donors (Lipinski definition) is 2. The van der Waals surface area contributed by atoms with Gasteiger partial charge >= 0.3 is 0 Å². The predicted octanol–water partition coefficient (Wildman–Crippen LogP) is 3.10. The van der Waals surface area contributed by atoms with E-state index in [9.17, 15) is 10.2 Å². The van der Waals surface area contributed by atoms with E-state index in [-0.39, 0.29) is 12.0 Å². The Morgan fingerprint density at radius 2 is 2.06 bits per heavy atom. The van der Waals surface area contributed by atoms with Gasteiger partial charge in [-0.1, -0.05) is 18.2 Å². The Labute approximate surface area is 206 Å². The first-order chi connectivity index (χ1) is 17.0. The maximum Gasteiger partial charge on any atom is 0.219 e. The summed E-state index contributed by atoms with van der Waals surface area (Å²) in [7, 11) is 1.76. The van der Waals surface area contributed by atoms with Crippen molar-refractivity contribution < 1.29 is 14.3 Å². The Balaban J connectivity index is 1.46. The lowest BCUT2D eigenvalue weighted by atomic mass is 9.92. The second-order valence-corrected chi connectivity index (χ2v) is 9.72. The Morgan fingerprint density at radius 1 is 1.23 bits per heavy atom. The summed E-state index contributed by atoms with van der Waals surface area (Å²) in [5, 5.41) is 15.0. The molecule has 1 aromatic carbocycles. The summed E-state index contributed by atoms with van der Waals surface area (Å²) < 4.78 is 11.0. The van der Waals surface area contributed by atoms with Crippen LogP contribution in [0.2, 0.25) is 0 Å². The molecule has 2 saturated heterocycles. The summed E-state index contributed by atoms with van der Waals surface area (Å²) >= 11 is 0. The second kappa shape index (κ2) is 10.3. The molecule has 2 fully saturated rings. The van der Waals surface area contributed by atoms with Gasteiger partial charge in [-0.2, -0.15) is 0 Å². The summed E-state index contributed by atoms with van der Waals surface area (Å²) in [6, 6.07) is 8.55. The molecule has 1 aromatic heterocycles. The number of ether oxygens (including phenoxy) is 2. The highest BCUT2D eigenvalue weighted by Crippen LogP contribution is 2.29. The molecule has 186 valence electrons.